The minimum Gasteiger partial charge on any atom is -0.484 e. The van der Waals surface area contributed by atoms with Gasteiger partial charge < -0.3 is 15.4 Å². The van der Waals surface area contributed by atoms with E-state index in [1.165, 1.54) is 0 Å². The van der Waals surface area contributed by atoms with Crippen molar-refractivity contribution in [2.45, 2.75) is 52.6 Å². The summed E-state index contributed by atoms with van der Waals surface area (Å²) in [5, 5.41) is 6.93. The first-order chi connectivity index (χ1) is 12.2. The molecule has 0 aromatic carbocycles. The zero-order chi connectivity index (χ0) is 19.3. The van der Waals surface area contributed by atoms with Crippen molar-refractivity contribution in [2.75, 3.05) is 26.2 Å². The predicted octanol–water partition coefficient (Wildman–Crippen LogP) is 2.56. The average molecular weight is 382 g/mol. The van der Waals surface area contributed by atoms with E-state index in [1.54, 1.807) is 11.3 Å². The maximum absolute atomic E-state index is 12.6. The number of rotatable bonds is 7. The Morgan fingerprint density at radius 1 is 1.38 bits per heavy atom. The Kier molecular flexibility index (Phi) is 7.06. The number of likely N-dealkylation sites (tertiary alicyclic amines) is 1. The van der Waals surface area contributed by atoms with Crippen LogP contribution < -0.4 is 15.4 Å². The minimum atomic E-state index is -0.232. The third-order valence-electron chi connectivity index (χ3n) is 4.20. The van der Waals surface area contributed by atoms with Crippen LogP contribution >= 0.6 is 11.3 Å². The van der Waals surface area contributed by atoms with Crippen LogP contribution in [-0.2, 0) is 9.59 Å². The Labute approximate surface area is 160 Å². The van der Waals surface area contributed by atoms with Gasteiger partial charge >= 0.3 is 0 Å². The standard InChI is InChI=1S/C19H31N3O3S/c1-6-25-17-8-7-15(26-17)13(2)20-18(24)14-9-10-22(11-14)12-16(23)21-19(3,4)5/h7-8,13-14H,6,9-12H2,1-5H3,(H,20,24)(H,21,23)/t13-,14-/m1/s1. The lowest BCUT2D eigenvalue weighted by atomic mass is 10.1. The van der Waals surface area contributed by atoms with E-state index in [1.807, 2.05) is 51.7 Å². The molecule has 7 heteroatoms. The van der Waals surface area contributed by atoms with E-state index in [0.29, 0.717) is 19.7 Å². The Hall–Kier alpha value is -1.60. The Balaban J connectivity index is 1.80. The van der Waals surface area contributed by atoms with Crippen molar-refractivity contribution in [2.24, 2.45) is 5.92 Å². The molecule has 1 aromatic heterocycles. The lowest BCUT2D eigenvalue weighted by Crippen LogP contribution is -2.45. The maximum atomic E-state index is 12.6. The number of hydrogen-bond acceptors (Lipinski definition) is 5. The molecule has 0 spiro atoms. The lowest BCUT2D eigenvalue weighted by Gasteiger charge is -2.23. The number of carbonyl (C=O) groups excluding carboxylic acids is 2. The van der Waals surface area contributed by atoms with Gasteiger partial charge in [-0.05, 0) is 59.7 Å². The molecule has 1 aliphatic heterocycles. The first kappa shape index (κ1) is 20.7. The number of hydrogen-bond donors (Lipinski definition) is 2. The molecular formula is C19H31N3O3S. The third kappa shape index (κ3) is 6.29. The van der Waals surface area contributed by atoms with E-state index in [9.17, 15) is 9.59 Å². The molecule has 6 nitrogen and oxygen atoms in total. The van der Waals surface area contributed by atoms with Gasteiger partial charge in [-0.3, -0.25) is 14.5 Å². The third-order valence-corrected chi connectivity index (χ3v) is 5.38. The van der Waals surface area contributed by atoms with Gasteiger partial charge in [0.2, 0.25) is 11.8 Å². The molecular weight excluding hydrogens is 350 g/mol. The number of thiophene rings is 1. The Morgan fingerprint density at radius 3 is 2.77 bits per heavy atom. The fourth-order valence-corrected chi connectivity index (χ4v) is 3.96. The molecule has 1 saturated heterocycles. The zero-order valence-electron chi connectivity index (χ0n) is 16.4. The molecule has 0 saturated carbocycles. The van der Waals surface area contributed by atoms with Crippen LogP contribution in [0.5, 0.6) is 5.06 Å². The number of nitrogens with one attached hydrogen (secondary N) is 2. The van der Waals surface area contributed by atoms with E-state index < -0.39 is 0 Å². The van der Waals surface area contributed by atoms with Crippen molar-refractivity contribution >= 4 is 23.2 Å². The van der Waals surface area contributed by atoms with Gasteiger partial charge in [0.1, 0.15) is 0 Å². The molecule has 2 atom stereocenters. The number of nitrogens with zero attached hydrogens (tertiary/aromatic N) is 1. The number of amides is 2. The zero-order valence-corrected chi connectivity index (χ0v) is 17.2. The van der Waals surface area contributed by atoms with Crippen LogP contribution in [0.2, 0.25) is 0 Å². The van der Waals surface area contributed by atoms with Crippen LogP contribution in [0.1, 0.15) is 52.0 Å². The van der Waals surface area contributed by atoms with Crippen molar-refractivity contribution in [3.8, 4) is 5.06 Å². The average Bonchev–Trinajstić information content (AvgIpc) is 3.15. The summed E-state index contributed by atoms with van der Waals surface area (Å²) in [6, 6.07) is 3.90. The van der Waals surface area contributed by atoms with Crippen LogP contribution in [0, 0.1) is 5.92 Å². The van der Waals surface area contributed by atoms with E-state index in [-0.39, 0.29) is 29.3 Å². The van der Waals surface area contributed by atoms with Crippen LogP contribution in [0.4, 0.5) is 0 Å². The number of ether oxygens (including phenoxy) is 1. The molecule has 2 rings (SSSR count). The van der Waals surface area contributed by atoms with Crippen molar-refractivity contribution < 1.29 is 14.3 Å². The molecule has 2 amide bonds. The monoisotopic (exact) mass is 381 g/mol. The maximum Gasteiger partial charge on any atom is 0.234 e. The van der Waals surface area contributed by atoms with Gasteiger partial charge in [0.15, 0.2) is 5.06 Å². The summed E-state index contributed by atoms with van der Waals surface area (Å²) < 4.78 is 5.49. The molecule has 0 radical (unpaired) electrons. The highest BCUT2D eigenvalue weighted by Crippen LogP contribution is 2.29. The summed E-state index contributed by atoms with van der Waals surface area (Å²) in [4.78, 5) is 27.7. The van der Waals surface area contributed by atoms with E-state index >= 15 is 0 Å². The van der Waals surface area contributed by atoms with Crippen LogP contribution in [0.15, 0.2) is 12.1 Å². The molecule has 0 bridgehead atoms. The van der Waals surface area contributed by atoms with E-state index in [2.05, 4.69) is 10.6 Å². The molecule has 2 heterocycles. The van der Waals surface area contributed by atoms with Crippen molar-refractivity contribution in [1.82, 2.24) is 15.5 Å². The highest BCUT2D eigenvalue weighted by atomic mass is 32.1. The second-order valence-corrected chi connectivity index (χ2v) is 8.92. The molecule has 0 unspecified atom stereocenters. The second-order valence-electron chi connectivity index (χ2n) is 7.84. The molecule has 26 heavy (non-hydrogen) atoms. The van der Waals surface area contributed by atoms with Crippen molar-refractivity contribution in [3.05, 3.63) is 17.0 Å². The van der Waals surface area contributed by atoms with Gasteiger partial charge in [-0.2, -0.15) is 0 Å². The van der Waals surface area contributed by atoms with Crippen LogP contribution in [0.25, 0.3) is 0 Å². The quantitative estimate of drug-likeness (QED) is 0.762. The smallest absolute Gasteiger partial charge is 0.234 e. The molecule has 1 aromatic rings. The van der Waals surface area contributed by atoms with Gasteiger partial charge in [-0.15, -0.1) is 11.3 Å². The fraction of sp³-hybridized carbons (Fsp3) is 0.684. The second kappa shape index (κ2) is 8.86. The fourth-order valence-electron chi connectivity index (χ4n) is 3.04. The van der Waals surface area contributed by atoms with Crippen molar-refractivity contribution in [1.29, 1.82) is 0 Å². The Bertz CT molecular complexity index is 624. The topological polar surface area (TPSA) is 70.7 Å². The van der Waals surface area contributed by atoms with E-state index in [0.717, 1.165) is 22.9 Å². The van der Waals surface area contributed by atoms with Gasteiger partial charge in [0.25, 0.3) is 0 Å². The summed E-state index contributed by atoms with van der Waals surface area (Å²) in [6.07, 6.45) is 0.788. The molecule has 146 valence electrons. The lowest BCUT2D eigenvalue weighted by molar-refractivity contribution is -0.126. The highest BCUT2D eigenvalue weighted by molar-refractivity contribution is 7.13. The summed E-state index contributed by atoms with van der Waals surface area (Å²) in [5.74, 6) is 0.00256. The molecule has 1 fully saturated rings. The molecule has 2 N–H and O–H groups in total. The number of carbonyl (C=O) groups is 2. The summed E-state index contributed by atoms with van der Waals surface area (Å²) in [5.41, 5.74) is -0.232. The normalized spacial score (nSPS) is 19.2. The van der Waals surface area contributed by atoms with Crippen LogP contribution in [-0.4, -0.2) is 48.5 Å². The Morgan fingerprint density at radius 2 is 2.12 bits per heavy atom. The summed E-state index contributed by atoms with van der Waals surface area (Å²) in [7, 11) is 0. The first-order valence-corrected chi connectivity index (χ1v) is 10.1. The van der Waals surface area contributed by atoms with Gasteiger partial charge in [0.05, 0.1) is 25.1 Å². The van der Waals surface area contributed by atoms with Gasteiger partial charge in [-0.25, -0.2) is 0 Å². The largest absolute Gasteiger partial charge is 0.484 e. The van der Waals surface area contributed by atoms with Crippen LogP contribution in [0.3, 0.4) is 0 Å². The van der Waals surface area contributed by atoms with E-state index in [4.69, 9.17) is 4.74 Å². The highest BCUT2D eigenvalue weighted by Gasteiger charge is 2.30. The molecule has 1 aliphatic rings. The predicted molar refractivity (Wildman–Crippen MR) is 104 cm³/mol. The first-order valence-electron chi connectivity index (χ1n) is 9.24. The summed E-state index contributed by atoms with van der Waals surface area (Å²) >= 11 is 1.56. The van der Waals surface area contributed by atoms with Gasteiger partial charge in [0, 0.05) is 17.0 Å². The summed E-state index contributed by atoms with van der Waals surface area (Å²) in [6.45, 7) is 12.2. The van der Waals surface area contributed by atoms with Crippen molar-refractivity contribution in [3.63, 3.8) is 0 Å². The van der Waals surface area contributed by atoms with Gasteiger partial charge in [-0.1, -0.05) is 0 Å². The minimum absolute atomic E-state index is 0.00830. The molecule has 0 aliphatic carbocycles. The SMILES string of the molecule is CCOc1ccc([C@@H](C)NC(=O)[C@@H]2CCN(CC(=O)NC(C)(C)C)C2)s1.